The van der Waals surface area contributed by atoms with Crippen molar-refractivity contribution >= 4 is 5.78 Å². The highest BCUT2D eigenvalue weighted by Gasteiger charge is 2.34. The molecule has 3 rings (SSSR count). The van der Waals surface area contributed by atoms with Crippen LogP contribution in [0.5, 0.6) is 0 Å². The van der Waals surface area contributed by atoms with Crippen LogP contribution in [0.3, 0.4) is 0 Å². The van der Waals surface area contributed by atoms with Crippen molar-refractivity contribution in [3.05, 3.63) is 47.2 Å². The highest BCUT2D eigenvalue weighted by atomic mass is 16.3. The van der Waals surface area contributed by atoms with E-state index in [0.717, 1.165) is 29.1 Å². The third kappa shape index (κ3) is 2.23. The van der Waals surface area contributed by atoms with E-state index in [1.807, 2.05) is 18.2 Å². The number of hydrogen-bond donors (Lipinski definition) is 0. The first-order chi connectivity index (χ1) is 8.94. The van der Waals surface area contributed by atoms with Crippen LogP contribution in [0.4, 0.5) is 0 Å². The molecule has 0 saturated heterocycles. The monoisotopic (exact) mass is 254 g/mol. The van der Waals surface area contributed by atoms with Gasteiger partial charge in [0.05, 0.1) is 5.56 Å². The van der Waals surface area contributed by atoms with Crippen LogP contribution in [0.15, 0.2) is 34.7 Å². The Labute approximate surface area is 113 Å². The van der Waals surface area contributed by atoms with Crippen LogP contribution < -0.4 is 0 Å². The van der Waals surface area contributed by atoms with Crippen LogP contribution in [0, 0.1) is 12.3 Å². The molecule has 0 bridgehead atoms. The van der Waals surface area contributed by atoms with E-state index in [1.165, 1.54) is 5.56 Å². The number of hydrogen-bond acceptors (Lipinski definition) is 2. The van der Waals surface area contributed by atoms with Gasteiger partial charge >= 0.3 is 0 Å². The van der Waals surface area contributed by atoms with Crippen LogP contribution in [-0.2, 0) is 6.42 Å². The molecule has 0 spiro atoms. The predicted octanol–water partition coefficient (Wildman–Crippen LogP) is 4.41. The zero-order valence-corrected chi connectivity index (χ0v) is 11.6. The van der Waals surface area contributed by atoms with Crippen molar-refractivity contribution in [1.29, 1.82) is 0 Å². The summed E-state index contributed by atoms with van der Waals surface area (Å²) in [6.07, 6.45) is 1.44. The van der Waals surface area contributed by atoms with Gasteiger partial charge in [0, 0.05) is 18.4 Å². The lowest BCUT2D eigenvalue weighted by Crippen LogP contribution is -2.25. The summed E-state index contributed by atoms with van der Waals surface area (Å²) in [7, 11) is 0. The summed E-state index contributed by atoms with van der Waals surface area (Å²) in [5.74, 6) is 1.85. The second-order valence-corrected chi connectivity index (χ2v) is 6.25. The van der Waals surface area contributed by atoms with Crippen LogP contribution >= 0.6 is 0 Å². The van der Waals surface area contributed by atoms with Gasteiger partial charge in [-0.2, -0.15) is 0 Å². The van der Waals surface area contributed by atoms with Crippen LogP contribution in [-0.4, -0.2) is 5.78 Å². The Hall–Kier alpha value is -1.83. The topological polar surface area (TPSA) is 30.2 Å². The van der Waals surface area contributed by atoms with Gasteiger partial charge in [0.1, 0.15) is 11.5 Å². The van der Waals surface area contributed by atoms with Gasteiger partial charge in [0.15, 0.2) is 5.78 Å². The van der Waals surface area contributed by atoms with E-state index in [9.17, 15) is 4.79 Å². The molecule has 1 aromatic heterocycles. The van der Waals surface area contributed by atoms with Crippen molar-refractivity contribution in [2.75, 3.05) is 0 Å². The highest BCUT2D eigenvalue weighted by molar-refractivity contribution is 5.99. The smallest absolute Gasteiger partial charge is 0.166 e. The summed E-state index contributed by atoms with van der Waals surface area (Å²) in [5, 5.41) is 0. The summed E-state index contributed by atoms with van der Waals surface area (Å²) in [6.45, 7) is 6.28. The molecular formula is C17H18O2. The average molecular weight is 254 g/mol. The Morgan fingerprint density at radius 2 is 1.79 bits per heavy atom. The second-order valence-electron chi connectivity index (χ2n) is 6.25. The van der Waals surface area contributed by atoms with Gasteiger partial charge in [0.2, 0.25) is 0 Å². The fraction of sp³-hybridized carbons (Fsp3) is 0.353. The van der Waals surface area contributed by atoms with E-state index in [-0.39, 0.29) is 11.2 Å². The van der Waals surface area contributed by atoms with Crippen molar-refractivity contribution in [3.8, 4) is 11.3 Å². The number of aryl methyl sites for hydroxylation is 1. The normalized spacial score (nSPS) is 17.3. The van der Waals surface area contributed by atoms with Crippen LogP contribution in [0.1, 0.15) is 41.9 Å². The number of fused-ring (bicyclic) bond motifs is 1. The highest BCUT2D eigenvalue weighted by Crippen LogP contribution is 2.38. The molecule has 98 valence electrons. The van der Waals surface area contributed by atoms with Crippen molar-refractivity contribution in [2.24, 2.45) is 5.41 Å². The maximum Gasteiger partial charge on any atom is 0.166 e. The van der Waals surface area contributed by atoms with Crippen molar-refractivity contribution in [3.63, 3.8) is 0 Å². The standard InChI is InChI=1S/C17H18O2/c1-11-4-6-12(7-5-11)15-8-13-14(18)9-17(2,3)10-16(13)19-15/h4-8H,9-10H2,1-3H3. The predicted molar refractivity (Wildman–Crippen MR) is 75.3 cm³/mol. The van der Waals surface area contributed by atoms with Crippen LogP contribution in [0.25, 0.3) is 11.3 Å². The molecule has 0 fully saturated rings. The second kappa shape index (κ2) is 4.09. The molecule has 0 aliphatic heterocycles. The lowest BCUT2D eigenvalue weighted by molar-refractivity contribution is 0.0904. The van der Waals surface area contributed by atoms with Gasteiger partial charge < -0.3 is 4.42 Å². The maximum atomic E-state index is 12.1. The zero-order chi connectivity index (χ0) is 13.6. The van der Waals surface area contributed by atoms with Crippen molar-refractivity contribution < 1.29 is 9.21 Å². The molecule has 2 heteroatoms. The van der Waals surface area contributed by atoms with E-state index in [4.69, 9.17) is 4.42 Å². The third-order valence-electron chi connectivity index (χ3n) is 3.72. The molecule has 0 amide bonds. The maximum absolute atomic E-state index is 12.1. The largest absolute Gasteiger partial charge is 0.460 e. The lowest BCUT2D eigenvalue weighted by Gasteiger charge is -2.26. The van der Waals surface area contributed by atoms with E-state index in [0.29, 0.717) is 6.42 Å². The van der Waals surface area contributed by atoms with Gasteiger partial charge in [-0.15, -0.1) is 0 Å². The summed E-state index contributed by atoms with van der Waals surface area (Å²) in [4.78, 5) is 12.1. The molecule has 0 N–H and O–H groups in total. The summed E-state index contributed by atoms with van der Waals surface area (Å²) in [5.41, 5.74) is 3.03. The molecule has 1 aliphatic carbocycles. The minimum Gasteiger partial charge on any atom is -0.460 e. The summed E-state index contributed by atoms with van der Waals surface area (Å²) >= 11 is 0. The van der Waals surface area contributed by atoms with E-state index in [1.54, 1.807) is 0 Å². The van der Waals surface area contributed by atoms with Crippen LogP contribution in [0.2, 0.25) is 0 Å². The van der Waals surface area contributed by atoms with Gasteiger partial charge in [-0.1, -0.05) is 43.7 Å². The first-order valence-corrected chi connectivity index (χ1v) is 6.68. The molecule has 0 radical (unpaired) electrons. The number of ketones is 1. The number of furan rings is 1. The average Bonchev–Trinajstić information content (AvgIpc) is 2.72. The number of carbonyl (C=O) groups is 1. The molecule has 2 aromatic rings. The molecule has 0 unspecified atom stereocenters. The minimum absolute atomic E-state index is 0.00643. The SMILES string of the molecule is Cc1ccc(-c2cc3c(o2)CC(C)(C)CC3=O)cc1. The Morgan fingerprint density at radius 3 is 2.47 bits per heavy atom. The number of carbonyl (C=O) groups excluding carboxylic acids is 1. The van der Waals surface area contributed by atoms with Gasteiger partial charge in [-0.25, -0.2) is 0 Å². The summed E-state index contributed by atoms with van der Waals surface area (Å²) in [6, 6.07) is 10.1. The molecule has 0 saturated carbocycles. The third-order valence-corrected chi connectivity index (χ3v) is 3.72. The van der Waals surface area contributed by atoms with Gasteiger partial charge in [-0.05, 0) is 18.4 Å². The first-order valence-electron chi connectivity index (χ1n) is 6.68. The quantitative estimate of drug-likeness (QED) is 0.754. The number of benzene rings is 1. The van der Waals surface area contributed by atoms with E-state index >= 15 is 0 Å². The van der Waals surface area contributed by atoms with Gasteiger partial charge in [-0.3, -0.25) is 4.79 Å². The fourth-order valence-electron chi connectivity index (χ4n) is 2.68. The number of Topliss-reactive ketones (excluding diaryl/α,β-unsaturated/α-hetero) is 1. The molecule has 0 atom stereocenters. The molecule has 19 heavy (non-hydrogen) atoms. The molecule has 1 aromatic carbocycles. The fourth-order valence-corrected chi connectivity index (χ4v) is 2.68. The van der Waals surface area contributed by atoms with Crippen molar-refractivity contribution in [2.45, 2.75) is 33.6 Å². The zero-order valence-electron chi connectivity index (χ0n) is 11.6. The Kier molecular flexibility index (Phi) is 2.63. The first kappa shape index (κ1) is 12.2. The molecule has 1 aliphatic rings. The molecule has 2 nitrogen and oxygen atoms in total. The van der Waals surface area contributed by atoms with Gasteiger partial charge in [0.25, 0.3) is 0 Å². The minimum atomic E-state index is 0.00643. The van der Waals surface area contributed by atoms with E-state index in [2.05, 4.69) is 32.9 Å². The Bertz CT molecular complexity index is 630. The number of rotatable bonds is 1. The summed E-state index contributed by atoms with van der Waals surface area (Å²) < 4.78 is 5.92. The van der Waals surface area contributed by atoms with Crippen molar-refractivity contribution in [1.82, 2.24) is 0 Å². The Balaban J connectivity index is 2.03. The lowest BCUT2D eigenvalue weighted by atomic mass is 9.76. The Morgan fingerprint density at radius 1 is 1.11 bits per heavy atom. The molecular weight excluding hydrogens is 236 g/mol. The van der Waals surface area contributed by atoms with E-state index < -0.39 is 0 Å². The molecule has 1 heterocycles.